The molecule has 0 aliphatic heterocycles. The van der Waals surface area contributed by atoms with Crippen LogP contribution < -0.4 is 0 Å². The number of nitrogens with zero attached hydrogens (tertiary/aromatic N) is 8. The highest BCUT2D eigenvalue weighted by molar-refractivity contribution is 5.85. The molecular weight excluding hydrogens is 324 g/mol. The number of hydrogen-bond acceptors (Lipinski definition) is 8. The average Bonchev–Trinajstić information content (AvgIpc) is 3.28. The van der Waals surface area contributed by atoms with Crippen LogP contribution in [0.4, 0.5) is 0 Å². The fourth-order valence-electron chi connectivity index (χ4n) is 2.25. The first-order chi connectivity index (χ1) is 12.2. The van der Waals surface area contributed by atoms with E-state index in [1.807, 2.05) is 37.3 Å². The van der Waals surface area contributed by atoms with Crippen LogP contribution in [0.1, 0.15) is 22.1 Å². The number of benzene rings is 1. The molecule has 0 spiro atoms. The molecule has 10 nitrogen and oxygen atoms in total. The van der Waals surface area contributed by atoms with Crippen LogP contribution in [0.2, 0.25) is 0 Å². The van der Waals surface area contributed by atoms with Crippen LogP contribution in [0, 0.1) is 6.92 Å². The van der Waals surface area contributed by atoms with Gasteiger partial charge >= 0.3 is 5.97 Å². The number of rotatable bonds is 4. The molecular formula is C15H12N8O2. The first-order valence-corrected chi connectivity index (χ1v) is 7.40. The lowest BCUT2D eigenvalue weighted by Gasteiger charge is -2.04. The van der Waals surface area contributed by atoms with Crippen LogP contribution in [0.3, 0.4) is 0 Å². The van der Waals surface area contributed by atoms with Gasteiger partial charge in [-0.3, -0.25) is 0 Å². The van der Waals surface area contributed by atoms with Crippen LogP contribution in [0.25, 0.3) is 11.5 Å². The largest absolute Gasteiger partial charge is 0.451 e. The molecule has 3 aromatic heterocycles. The summed E-state index contributed by atoms with van der Waals surface area (Å²) in [5.41, 5.74) is 1.58. The van der Waals surface area contributed by atoms with Gasteiger partial charge in [-0.1, -0.05) is 18.2 Å². The Kier molecular flexibility index (Phi) is 3.61. The number of esters is 1. The van der Waals surface area contributed by atoms with Crippen molar-refractivity contribution < 1.29 is 9.53 Å². The molecule has 0 fully saturated rings. The summed E-state index contributed by atoms with van der Waals surface area (Å²) < 4.78 is 8.21. The summed E-state index contributed by atoms with van der Waals surface area (Å²) in [5.74, 6) is -0.0215. The van der Waals surface area contributed by atoms with Crippen LogP contribution in [0.5, 0.6) is 0 Å². The van der Waals surface area contributed by atoms with Gasteiger partial charge in [-0.25, -0.2) is 14.3 Å². The Morgan fingerprint density at radius 2 is 2.04 bits per heavy atom. The molecule has 0 N–H and O–H groups in total. The Morgan fingerprint density at radius 3 is 2.84 bits per heavy atom. The zero-order valence-corrected chi connectivity index (χ0v) is 13.1. The number of aromatic nitrogens is 8. The molecule has 10 heteroatoms. The van der Waals surface area contributed by atoms with E-state index in [1.165, 1.54) is 9.20 Å². The molecule has 0 saturated carbocycles. The van der Waals surface area contributed by atoms with Gasteiger partial charge in [0.05, 0.1) is 5.69 Å². The maximum atomic E-state index is 12.2. The molecule has 0 saturated heterocycles. The monoisotopic (exact) mass is 336 g/mol. The van der Waals surface area contributed by atoms with Crippen molar-refractivity contribution in [3.63, 3.8) is 0 Å². The van der Waals surface area contributed by atoms with Gasteiger partial charge in [0.2, 0.25) is 0 Å². The smallest absolute Gasteiger partial charge is 0.378 e. The van der Waals surface area contributed by atoms with Crippen molar-refractivity contribution in [1.29, 1.82) is 0 Å². The van der Waals surface area contributed by atoms with Crippen molar-refractivity contribution >= 4 is 11.7 Å². The minimum atomic E-state index is -0.674. The second kappa shape index (κ2) is 6.07. The molecule has 124 valence electrons. The summed E-state index contributed by atoms with van der Waals surface area (Å²) in [4.78, 5) is 20.3. The molecule has 0 atom stereocenters. The third kappa shape index (κ3) is 2.80. The van der Waals surface area contributed by atoms with Gasteiger partial charge in [0.1, 0.15) is 0 Å². The number of aryl methyl sites for hydroxylation is 1. The molecule has 0 aliphatic carbocycles. The standard InChI is InChI=1S/C15H12N8O2/c1-10-7-8-16-15-17-13(19-22(10)15)14(24)25-9-12-18-20-21-23(12)11-5-3-2-4-6-11/h2-8H,9H2,1H3. The third-order valence-corrected chi connectivity index (χ3v) is 3.48. The normalized spacial score (nSPS) is 10.9. The van der Waals surface area contributed by atoms with Crippen LogP contribution in [0.15, 0.2) is 42.6 Å². The van der Waals surface area contributed by atoms with Gasteiger partial charge in [-0.15, -0.1) is 10.2 Å². The quantitative estimate of drug-likeness (QED) is 0.502. The van der Waals surface area contributed by atoms with Crippen LogP contribution in [-0.2, 0) is 11.3 Å². The van der Waals surface area contributed by atoms with E-state index in [0.717, 1.165) is 11.4 Å². The maximum Gasteiger partial charge on any atom is 0.378 e. The van der Waals surface area contributed by atoms with Crippen molar-refractivity contribution in [3.05, 3.63) is 59.9 Å². The molecule has 25 heavy (non-hydrogen) atoms. The topological polar surface area (TPSA) is 113 Å². The highest BCUT2D eigenvalue weighted by Crippen LogP contribution is 2.09. The lowest BCUT2D eigenvalue weighted by atomic mass is 10.3. The number of hydrogen-bond donors (Lipinski definition) is 0. The van der Waals surface area contributed by atoms with Crippen molar-refractivity contribution in [2.45, 2.75) is 13.5 Å². The zero-order chi connectivity index (χ0) is 17.2. The fraction of sp³-hybridized carbons (Fsp3) is 0.133. The Morgan fingerprint density at radius 1 is 1.20 bits per heavy atom. The molecule has 3 heterocycles. The molecule has 0 bridgehead atoms. The average molecular weight is 336 g/mol. The number of fused-ring (bicyclic) bond motifs is 1. The number of ether oxygens (including phenoxy) is 1. The van der Waals surface area contributed by atoms with E-state index in [9.17, 15) is 4.79 Å². The van der Waals surface area contributed by atoms with E-state index in [4.69, 9.17) is 4.74 Å². The van der Waals surface area contributed by atoms with E-state index < -0.39 is 5.97 Å². The summed E-state index contributed by atoms with van der Waals surface area (Å²) in [6.07, 6.45) is 1.60. The second-order valence-corrected chi connectivity index (χ2v) is 5.15. The highest BCUT2D eigenvalue weighted by atomic mass is 16.5. The van der Waals surface area contributed by atoms with Gasteiger partial charge in [-0.2, -0.15) is 9.67 Å². The van der Waals surface area contributed by atoms with E-state index >= 15 is 0 Å². The molecule has 0 amide bonds. The lowest BCUT2D eigenvalue weighted by molar-refractivity contribution is 0.0445. The summed E-state index contributed by atoms with van der Waals surface area (Å²) >= 11 is 0. The summed E-state index contributed by atoms with van der Waals surface area (Å²) in [5, 5.41) is 15.5. The van der Waals surface area contributed by atoms with Crippen molar-refractivity contribution in [2.75, 3.05) is 0 Å². The Labute approximate surface area is 141 Å². The van der Waals surface area contributed by atoms with Crippen LogP contribution in [-0.4, -0.2) is 45.8 Å². The SMILES string of the molecule is Cc1ccnc2nc(C(=O)OCc3nnnn3-c3ccccc3)nn12. The van der Waals surface area contributed by atoms with E-state index in [0.29, 0.717) is 11.6 Å². The summed E-state index contributed by atoms with van der Waals surface area (Å²) in [7, 11) is 0. The fourth-order valence-corrected chi connectivity index (χ4v) is 2.25. The van der Waals surface area contributed by atoms with Gasteiger partial charge in [-0.05, 0) is 35.5 Å². The highest BCUT2D eigenvalue weighted by Gasteiger charge is 2.18. The zero-order valence-electron chi connectivity index (χ0n) is 13.1. The van der Waals surface area contributed by atoms with E-state index in [2.05, 4.69) is 30.6 Å². The lowest BCUT2D eigenvalue weighted by Crippen LogP contribution is -2.11. The summed E-state index contributed by atoms with van der Waals surface area (Å²) in [6.45, 7) is 1.73. The molecule has 4 aromatic rings. The Hall–Kier alpha value is -3.69. The van der Waals surface area contributed by atoms with Gasteiger partial charge in [0, 0.05) is 11.9 Å². The minimum absolute atomic E-state index is 0.0689. The summed E-state index contributed by atoms with van der Waals surface area (Å²) in [6, 6.07) is 11.1. The van der Waals surface area contributed by atoms with Gasteiger partial charge < -0.3 is 4.74 Å². The Balaban J connectivity index is 1.53. The minimum Gasteiger partial charge on any atom is -0.451 e. The number of carbonyl (C=O) groups is 1. The van der Waals surface area contributed by atoms with Gasteiger partial charge in [0.15, 0.2) is 12.4 Å². The first-order valence-electron chi connectivity index (χ1n) is 7.40. The number of carbonyl (C=O) groups excluding carboxylic acids is 1. The van der Waals surface area contributed by atoms with Crippen molar-refractivity contribution in [2.24, 2.45) is 0 Å². The predicted octanol–water partition coefficient (Wildman–Crippen LogP) is 0.765. The number of tetrazole rings is 1. The predicted molar refractivity (Wildman–Crippen MR) is 83.8 cm³/mol. The number of para-hydroxylation sites is 1. The first kappa shape index (κ1) is 14.9. The van der Waals surface area contributed by atoms with Gasteiger partial charge in [0.25, 0.3) is 11.6 Å². The molecule has 4 rings (SSSR count). The second-order valence-electron chi connectivity index (χ2n) is 5.15. The molecule has 1 aromatic carbocycles. The Bertz CT molecular complexity index is 1040. The van der Waals surface area contributed by atoms with E-state index in [1.54, 1.807) is 12.3 Å². The van der Waals surface area contributed by atoms with Crippen molar-refractivity contribution in [3.8, 4) is 5.69 Å². The molecule has 0 unspecified atom stereocenters. The molecule has 0 aliphatic rings. The molecule has 0 radical (unpaired) electrons. The van der Waals surface area contributed by atoms with Crippen LogP contribution >= 0.6 is 0 Å². The maximum absolute atomic E-state index is 12.2. The van der Waals surface area contributed by atoms with Crippen molar-refractivity contribution in [1.82, 2.24) is 39.8 Å². The third-order valence-electron chi connectivity index (χ3n) is 3.48. The van der Waals surface area contributed by atoms with E-state index in [-0.39, 0.29) is 12.4 Å².